The molecule has 0 spiro atoms. The van der Waals surface area contributed by atoms with Crippen molar-refractivity contribution < 1.29 is 32.3 Å². The minimum absolute atomic E-state index is 0.139. The first-order chi connectivity index (χ1) is 12.0. The van der Waals surface area contributed by atoms with Gasteiger partial charge in [0.1, 0.15) is 11.8 Å². The van der Waals surface area contributed by atoms with Crippen LogP contribution in [0.15, 0.2) is 24.3 Å². The summed E-state index contributed by atoms with van der Waals surface area (Å²) in [5.41, 5.74) is 3.29. The Morgan fingerprint density at radius 3 is 2.35 bits per heavy atom. The van der Waals surface area contributed by atoms with Crippen LogP contribution in [0.5, 0.6) is 5.75 Å². The lowest BCUT2D eigenvalue weighted by molar-refractivity contribution is -0.137. The Kier molecular flexibility index (Phi) is 7.41. The maximum atomic E-state index is 12.6. The van der Waals surface area contributed by atoms with Gasteiger partial charge in [-0.1, -0.05) is 19.9 Å². The van der Waals surface area contributed by atoms with E-state index >= 15 is 0 Å². The van der Waals surface area contributed by atoms with Gasteiger partial charge < -0.3 is 10.1 Å². The minimum Gasteiger partial charge on any atom is -0.484 e. The molecule has 0 aliphatic rings. The van der Waals surface area contributed by atoms with Crippen molar-refractivity contribution in [3.05, 3.63) is 29.8 Å². The molecule has 0 saturated heterocycles. The third-order valence-electron chi connectivity index (χ3n) is 3.16. The molecule has 10 heteroatoms. The topological polar surface area (TPSA) is 96.5 Å². The summed E-state index contributed by atoms with van der Waals surface area (Å²) in [6.45, 7) is 4.07. The maximum Gasteiger partial charge on any atom is 0.416 e. The highest BCUT2D eigenvalue weighted by Crippen LogP contribution is 2.31. The van der Waals surface area contributed by atoms with Gasteiger partial charge >= 0.3 is 6.18 Å². The van der Waals surface area contributed by atoms with Crippen LogP contribution in [0.4, 0.5) is 13.2 Å². The second-order valence-corrected chi connectivity index (χ2v) is 5.77. The van der Waals surface area contributed by atoms with Crippen molar-refractivity contribution in [3.63, 3.8) is 0 Å². The van der Waals surface area contributed by atoms with Crippen LogP contribution in [0.25, 0.3) is 0 Å². The van der Waals surface area contributed by atoms with Crippen LogP contribution >= 0.6 is 0 Å². The van der Waals surface area contributed by atoms with Crippen molar-refractivity contribution >= 4 is 17.7 Å². The molecule has 1 rings (SSSR count). The van der Waals surface area contributed by atoms with Crippen LogP contribution in [-0.4, -0.2) is 30.4 Å². The first kappa shape index (κ1) is 21.3. The van der Waals surface area contributed by atoms with Crippen LogP contribution in [-0.2, 0) is 20.6 Å². The van der Waals surface area contributed by atoms with E-state index in [0.717, 1.165) is 18.2 Å². The van der Waals surface area contributed by atoms with Gasteiger partial charge in [-0.15, -0.1) is 0 Å². The summed E-state index contributed by atoms with van der Waals surface area (Å²) in [5.74, 6) is -2.18. The van der Waals surface area contributed by atoms with E-state index in [0.29, 0.717) is 0 Å². The maximum absolute atomic E-state index is 12.6. The second kappa shape index (κ2) is 9.07. The molecule has 1 unspecified atom stereocenters. The molecule has 3 amide bonds. The summed E-state index contributed by atoms with van der Waals surface area (Å²) in [5, 5.41) is 2.44. The lowest BCUT2D eigenvalue weighted by Gasteiger charge is -2.21. The van der Waals surface area contributed by atoms with Crippen LogP contribution in [0.2, 0.25) is 0 Å². The van der Waals surface area contributed by atoms with Gasteiger partial charge in [-0.25, -0.2) is 0 Å². The number of hydrazine groups is 1. The Morgan fingerprint density at radius 1 is 1.15 bits per heavy atom. The lowest BCUT2D eigenvalue weighted by Crippen LogP contribution is -2.54. The molecule has 0 saturated carbocycles. The molecule has 7 nitrogen and oxygen atoms in total. The molecule has 1 aromatic rings. The number of carbonyl (C=O) groups excluding carboxylic acids is 3. The molecule has 144 valence electrons. The van der Waals surface area contributed by atoms with Crippen molar-refractivity contribution in [3.8, 4) is 5.75 Å². The van der Waals surface area contributed by atoms with Gasteiger partial charge in [-0.05, 0) is 24.1 Å². The molecule has 0 radical (unpaired) electrons. The minimum atomic E-state index is -4.52. The largest absolute Gasteiger partial charge is 0.484 e. The Bertz CT molecular complexity index is 662. The predicted molar refractivity (Wildman–Crippen MR) is 85.7 cm³/mol. The molecular weight excluding hydrogens is 355 g/mol. The normalized spacial score (nSPS) is 12.3. The number of nitrogens with one attached hydrogen (secondary N) is 3. The van der Waals surface area contributed by atoms with Gasteiger partial charge in [0.05, 0.1) is 5.56 Å². The van der Waals surface area contributed by atoms with Crippen molar-refractivity contribution in [2.75, 3.05) is 6.61 Å². The molecule has 1 atom stereocenters. The summed E-state index contributed by atoms with van der Waals surface area (Å²) < 4.78 is 42.8. The summed E-state index contributed by atoms with van der Waals surface area (Å²) in [6, 6.07) is 3.21. The average molecular weight is 375 g/mol. The third-order valence-corrected chi connectivity index (χ3v) is 3.16. The molecule has 0 bridgehead atoms. The zero-order valence-electron chi connectivity index (χ0n) is 14.4. The number of carbonyl (C=O) groups is 3. The fourth-order valence-electron chi connectivity index (χ4n) is 1.91. The monoisotopic (exact) mass is 375 g/mol. The van der Waals surface area contributed by atoms with Gasteiger partial charge in [-0.2, -0.15) is 13.2 Å². The van der Waals surface area contributed by atoms with E-state index in [9.17, 15) is 27.6 Å². The number of hydrogen-bond donors (Lipinski definition) is 3. The zero-order chi connectivity index (χ0) is 19.9. The average Bonchev–Trinajstić information content (AvgIpc) is 2.54. The van der Waals surface area contributed by atoms with Crippen molar-refractivity contribution in [2.45, 2.75) is 33.0 Å². The Hall–Kier alpha value is -2.78. The van der Waals surface area contributed by atoms with E-state index in [4.69, 9.17) is 4.74 Å². The van der Waals surface area contributed by atoms with Crippen LogP contribution in [0.1, 0.15) is 26.3 Å². The predicted octanol–water partition coefficient (Wildman–Crippen LogP) is 1.39. The van der Waals surface area contributed by atoms with Crippen LogP contribution in [0.3, 0.4) is 0 Å². The highest BCUT2D eigenvalue weighted by atomic mass is 19.4. The summed E-state index contributed by atoms with van der Waals surface area (Å²) >= 11 is 0. The molecular formula is C16H20F3N3O4. The Balaban J connectivity index is 2.52. The first-order valence-corrected chi connectivity index (χ1v) is 7.66. The van der Waals surface area contributed by atoms with Crippen LogP contribution in [0, 0.1) is 5.92 Å². The molecule has 0 aromatic heterocycles. The summed E-state index contributed by atoms with van der Waals surface area (Å²) in [4.78, 5) is 34.7. The zero-order valence-corrected chi connectivity index (χ0v) is 14.4. The number of amides is 3. The lowest BCUT2D eigenvalue weighted by atomic mass is 10.0. The third kappa shape index (κ3) is 6.99. The van der Waals surface area contributed by atoms with E-state index < -0.39 is 42.1 Å². The first-order valence-electron chi connectivity index (χ1n) is 7.66. The van der Waals surface area contributed by atoms with Gasteiger partial charge in [0.15, 0.2) is 6.61 Å². The molecule has 26 heavy (non-hydrogen) atoms. The highest BCUT2D eigenvalue weighted by molar-refractivity contribution is 5.89. The molecule has 3 N–H and O–H groups in total. The van der Waals surface area contributed by atoms with Crippen molar-refractivity contribution in [1.29, 1.82) is 0 Å². The standard InChI is InChI=1S/C16H20F3N3O4/c1-9(2)14(20-10(3)23)15(25)22-21-13(24)8-26-12-6-4-5-11(7-12)16(17,18)19/h4-7,9,14H,8H2,1-3H3,(H,20,23)(H,21,24)(H,22,25). The van der Waals surface area contributed by atoms with Crippen molar-refractivity contribution in [1.82, 2.24) is 16.2 Å². The van der Waals surface area contributed by atoms with Crippen LogP contribution < -0.4 is 20.9 Å². The Morgan fingerprint density at radius 2 is 1.81 bits per heavy atom. The molecule has 0 aliphatic carbocycles. The highest BCUT2D eigenvalue weighted by Gasteiger charge is 2.30. The number of ether oxygens (including phenoxy) is 1. The van der Waals surface area contributed by atoms with Crippen molar-refractivity contribution in [2.24, 2.45) is 5.92 Å². The number of hydrogen-bond acceptors (Lipinski definition) is 4. The number of halogens is 3. The fourth-order valence-corrected chi connectivity index (χ4v) is 1.91. The van der Waals surface area contributed by atoms with Gasteiger partial charge in [0, 0.05) is 6.92 Å². The van der Waals surface area contributed by atoms with Gasteiger partial charge in [-0.3, -0.25) is 25.2 Å². The van der Waals surface area contributed by atoms with E-state index in [1.165, 1.54) is 13.0 Å². The fraction of sp³-hybridized carbons (Fsp3) is 0.438. The molecule has 0 fully saturated rings. The van der Waals surface area contributed by atoms with Gasteiger partial charge in [0.25, 0.3) is 11.8 Å². The van der Waals surface area contributed by atoms with Gasteiger partial charge in [0.2, 0.25) is 5.91 Å². The smallest absolute Gasteiger partial charge is 0.416 e. The number of benzene rings is 1. The summed E-state index contributed by atoms with van der Waals surface area (Å²) in [6.07, 6.45) is -4.52. The molecule has 1 aromatic carbocycles. The molecule has 0 aliphatic heterocycles. The second-order valence-electron chi connectivity index (χ2n) is 5.77. The number of alkyl halides is 3. The summed E-state index contributed by atoms with van der Waals surface area (Å²) in [7, 11) is 0. The van der Waals surface area contributed by atoms with E-state index in [1.54, 1.807) is 13.8 Å². The number of rotatable bonds is 6. The van der Waals surface area contributed by atoms with E-state index in [2.05, 4.69) is 16.2 Å². The Labute approximate surface area is 148 Å². The van der Waals surface area contributed by atoms with E-state index in [-0.39, 0.29) is 11.7 Å². The quantitative estimate of drug-likeness (QED) is 0.655. The molecule has 0 heterocycles. The SMILES string of the molecule is CC(=O)NC(C(=O)NNC(=O)COc1cccc(C(F)(F)F)c1)C(C)C. The van der Waals surface area contributed by atoms with E-state index in [1.807, 2.05) is 0 Å².